The number of rotatable bonds is 9. The Morgan fingerprint density at radius 1 is 1.25 bits per heavy atom. The van der Waals surface area contributed by atoms with E-state index in [2.05, 4.69) is 48.7 Å². The van der Waals surface area contributed by atoms with Crippen LogP contribution in [-0.2, 0) is 16.0 Å². The van der Waals surface area contributed by atoms with Gasteiger partial charge in [-0.2, -0.15) is 0 Å². The molecular weight excluding hydrogens is 252 g/mol. The lowest BCUT2D eigenvalue weighted by Gasteiger charge is -2.17. The molecule has 0 saturated heterocycles. The highest BCUT2D eigenvalue weighted by Crippen LogP contribution is 2.17. The topological polar surface area (TPSA) is 50.4 Å². The smallest absolute Gasteiger partial charge is 0.234 e. The SMILES string of the molecule is CCc1ccc(C(CC)NCC(=O)NCCOC)cc1. The second-order valence-electron chi connectivity index (χ2n) is 4.78. The van der Waals surface area contributed by atoms with Gasteiger partial charge in [0.1, 0.15) is 0 Å². The van der Waals surface area contributed by atoms with Crippen molar-refractivity contribution in [2.24, 2.45) is 0 Å². The van der Waals surface area contributed by atoms with E-state index >= 15 is 0 Å². The summed E-state index contributed by atoms with van der Waals surface area (Å²) in [6.07, 6.45) is 2.00. The molecule has 0 bridgehead atoms. The first kappa shape index (κ1) is 16.7. The lowest BCUT2D eigenvalue weighted by Crippen LogP contribution is -2.37. The number of benzene rings is 1. The van der Waals surface area contributed by atoms with E-state index < -0.39 is 0 Å². The van der Waals surface area contributed by atoms with Gasteiger partial charge in [0.2, 0.25) is 5.91 Å². The Morgan fingerprint density at radius 2 is 1.95 bits per heavy atom. The number of hydrogen-bond donors (Lipinski definition) is 2. The van der Waals surface area contributed by atoms with Gasteiger partial charge in [-0.3, -0.25) is 4.79 Å². The molecule has 0 heterocycles. The predicted molar refractivity (Wildman–Crippen MR) is 81.7 cm³/mol. The Balaban J connectivity index is 2.43. The van der Waals surface area contributed by atoms with Crippen LogP contribution >= 0.6 is 0 Å². The Hall–Kier alpha value is -1.39. The van der Waals surface area contributed by atoms with Gasteiger partial charge in [0.15, 0.2) is 0 Å². The Morgan fingerprint density at radius 3 is 2.50 bits per heavy atom. The van der Waals surface area contributed by atoms with Crippen molar-refractivity contribution in [3.8, 4) is 0 Å². The van der Waals surface area contributed by atoms with Crippen LogP contribution in [-0.4, -0.2) is 32.7 Å². The third-order valence-corrected chi connectivity index (χ3v) is 3.34. The third-order valence-electron chi connectivity index (χ3n) is 3.34. The van der Waals surface area contributed by atoms with Crippen molar-refractivity contribution in [2.75, 3.05) is 26.8 Å². The number of methoxy groups -OCH3 is 1. The Bertz CT molecular complexity index is 390. The molecule has 1 rings (SSSR count). The summed E-state index contributed by atoms with van der Waals surface area (Å²) in [7, 11) is 1.62. The van der Waals surface area contributed by atoms with Crippen LogP contribution in [0.15, 0.2) is 24.3 Å². The van der Waals surface area contributed by atoms with Crippen molar-refractivity contribution >= 4 is 5.91 Å². The van der Waals surface area contributed by atoms with Crippen LogP contribution in [0.1, 0.15) is 37.4 Å². The maximum Gasteiger partial charge on any atom is 0.234 e. The first-order valence-corrected chi connectivity index (χ1v) is 7.29. The zero-order chi connectivity index (χ0) is 14.8. The molecule has 0 aliphatic heterocycles. The molecule has 0 fully saturated rings. The minimum absolute atomic E-state index is 0.00526. The van der Waals surface area contributed by atoms with E-state index in [0.29, 0.717) is 19.7 Å². The van der Waals surface area contributed by atoms with E-state index in [1.807, 2.05) is 0 Å². The van der Waals surface area contributed by atoms with E-state index in [0.717, 1.165) is 12.8 Å². The van der Waals surface area contributed by atoms with Gasteiger partial charge in [-0.1, -0.05) is 38.1 Å². The maximum absolute atomic E-state index is 11.6. The zero-order valence-electron chi connectivity index (χ0n) is 12.7. The van der Waals surface area contributed by atoms with Crippen LogP contribution in [0, 0.1) is 0 Å². The van der Waals surface area contributed by atoms with Crippen LogP contribution in [0.2, 0.25) is 0 Å². The largest absolute Gasteiger partial charge is 0.383 e. The number of carbonyl (C=O) groups is 1. The molecule has 0 radical (unpaired) electrons. The molecule has 0 spiro atoms. The van der Waals surface area contributed by atoms with Crippen molar-refractivity contribution in [3.63, 3.8) is 0 Å². The number of ether oxygens (including phenoxy) is 1. The molecule has 0 aromatic heterocycles. The molecule has 0 aliphatic rings. The summed E-state index contributed by atoms with van der Waals surface area (Å²) in [6, 6.07) is 8.80. The molecule has 20 heavy (non-hydrogen) atoms. The quantitative estimate of drug-likeness (QED) is 0.680. The molecule has 1 unspecified atom stereocenters. The fourth-order valence-corrected chi connectivity index (χ4v) is 2.05. The van der Waals surface area contributed by atoms with Crippen molar-refractivity contribution in [1.29, 1.82) is 0 Å². The molecular formula is C16H26N2O2. The first-order chi connectivity index (χ1) is 9.71. The van der Waals surface area contributed by atoms with Crippen molar-refractivity contribution in [2.45, 2.75) is 32.7 Å². The highest BCUT2D eigenvalue weighted by Gasteiger charge is 2.10. The van der Waals surface area contributed by atoms with E-state index in [4.69, 9.17) is 4.74 Å². The first-order valence-electron chi connectivity index (χ1n) is 7.29. The average Bonchev–Trinajstić information content (AvgIpc) is 2.49. The third kappa shape index (κ3) is 5.72. The normalized spacial score (nSPS) is 12.2. The molecule has 0 aliphatic carbocycles. The van der Waals surface area contributed by atoms with Crippen LogP contribution < -0.4 is 10.6 Å². The molecule has 1 atom stereocenters. The highest BCUT2D eigenvalue weighted by atomic mass is 16.5. The maximum atomic E-state index is 11.6. The number of amides is 1. The molecule has 1 amide bonds. The predicted octanol–water partition coefficient (Wildman–Crippen LogP) is 2.05. The highest BCUT2D eigenvalue weighted by molar-refractivity contribution is 5.78. The van der Waals surface area contributed by atoms with Crippen molar-refractivity contribution in [3.05, 3.63) is 35.4 Å². The van der Waals surface area contributed by atoms with Crippen LogP contribution in [0.25, 0.3) is 0 Å². The summed E-state index contributed by atoms with van der Waals surface area (Å²) >= 11 is 0. The number of aryl methyl sites for hydroxylation is 1. The lowest BCUT2D eigenvalue weighted by molar-refractivity contribution is -0.120. The van der Waals surface area contributed by atoms with Gasteiger partial charge in [-0.15, -0.1) is 0 Å². The fourth-order valence-electron chi connectivity index (χ4n) is 2.05. The second kappa shape index (κ2) is 9.50. The van der Waals surface area contributed by atoms with Gasteiger partial charge >= 0.3 is 0 Å². The molecule has 2 N–H and O–H groups in total. The van der Waals surface area contributed by atoms with Gasteiger partial charge in [0, 0.05) is 19.7 Å². The van der Waals surface area contributed by atoms with Crippen molar-refractivity contribution in [1.82, 2.24) is 10.6 Å². The summed E-state index contributed by atoms with van der Waals surface area (Å²) in [4.78, 5) is 11.6. The fraction of sp³-hybridized carbons (Fsp3) is 0.562. The minimum atomic E-state index is 0.00526. The summed E-state index contributed by atoms with van der Waals surface area (Å²) in [5, 5.41) is 6.10. The number of carbonyl (C=O) groups excluding carboxylic acids is 1. The van der Waals surface area contributed by atoms with Gasteiger partial charge in [-0.05, 0) is 24.0 Å². The monoisotopic (exact) mass is 278 g/mol. The summed E-state index contributed by atoms with van der Waals surface area (Å²) in [6.45, 7) is 5.70. The van der Waals surface area contributed by atoms with Gasteiger partial charge in [0.25, 0.3) is 0 Å². The van der Waals surface area contributed by atoms with Gasteiger partial charge in [-0.25, -0.2) is 0 Å². The van der Waals surface area contributed by atoms with Gasteiger partial charge in [0.05, 0.1) is 13.2 Å². The molecule has 4 nitrogen and oxygen atoms in total. The molecule has 4 heteroatoms. The molecule has 1 aromatic carbocycles. The van der Waals surface area contributed by atoms with Crippen LogP contribution in [0.3, 0.4) is 0 Å². The standard InChI is InChI=1S/C16H26N2O2/c1-4-13-6-8-14(9-7-13)15(5-2)18-12-16(19)17-10-11-20-3/h6-9,15,18H,4-5,10-12H2,1-3H3,(H,17,19). The average molecular weight is 278 g/mol. The Labute approximate surface area is 121 Å². The van der Waals surface area contributed by atoms with E-state index in [1.165, 1.54) is 11.1 Å². The Kier molecular flexibility index (Phi) is 7.92. The number of nitrogens with one attached hydrogen (secondary N) is 2. The second-order valence-corrected chi connectivity index (χ2v) is 4.78. The van der Waals surface area contributed by atoms with E-state index in [-0.39, 0.29) is 11.9 Å². The van der Waals surface area contributed by atoms with E-state index in [1.54, 1.807) is 7.11 Å². The summed E-state index contributed by atoms with van der Waals surface area (Å²) in [5.41, 5.74) is 2.57. The minimum Gasteiger partial charge on any atom is -0.383 e. The molecule has 112 valence electrons. The van der Waals surface area contributed by atoms with E-state index in [9.17, 15) is 4.79 Å². The van der Waals surface area contributed by atoms with Crippen LogP contribution in [0.4, 0.5) is 0 Å². The molecule has 1 aromatic rings. The molecule has 0 saturated carbocycles. The van der Waals surface area contributed by atoms with Crippen molar-refractivity contribution < 1.29 is 9.53 Å². The van der Waals surface area contributed by atoms with Gasteiger partial charge < -0.3 is 15.4 Å². The van der Waals surface area contributed by atoms with Crippen LogP contribution in [0.5, 0.6) is 0 Å². The lowest BCUT2D eigenvalue weighted by atomic mass is 10.0. The summed E-state index contributed by atoms with van der Waals surface area (Å²) < 4.78 is 4.89. The zero-order valence-corrected chi connectivity index (χ0v) is 12.7. The number of hydrogen-bond acceptors (Lipinski definition) is 3. The summed E-state index contributed by atoms with van der Waals surface area (Å²) in [5.74, 6) is 0.00526.